The molecule has 0 saturated carbocycles. The number of hydrogen-bond donors (Lipinski definition) is 0. The fourth-order valence-corrected chi connectivity index (χ4v) is 11.3. The number of rotatable bonds is 2. The van der Waals surface area contributed by atoms with Crippen LogP contribution >= 0.6 is 0 Å². The van der Waals surface area contributed by atoms with Gasteiger partial charge < -0.3 is 18.8 Å². The zero-order valence-corrected chi connectivity index (χ0v) is 35.0. The summed E-state index contributed by atoms with van der Waals surface area (Å²) in [5.41, 5.74) is 23.3. The Balaban J connectivity index is 1.30. The molecule has 0 radical (unpaired) electrons. The molecule has 0 fully saturated rings. The molecular weight excluding hydrogens is 726 g/mol. The van der Waals surface area contributed by atoms with Crippen LogP contribution in [0.3, 0.4) is 0 Å². The molecule has 0 amide bonds. The first-order valence-electron chi connectivity index (χ1n) is 21.5. The van der Waals surface area contributed by atoms with Gasteiger partial charge >= 0.3 is 13.7 Å². The van der Waals surface area contributed by atoms with Crippen LogP contribution in [0.4, 0.5) is 34.1 Å². The molecule has 0 aliphatic carbocycles. The van der Waals surface area contributed by atoms with Gasteiger partial charge in [-0.15, -0.1) is 0 Å². The van der Waals surface area contributed by atoms with Gasteiger partial charge in [0.25, 0.3) is 0 Å². The second kappa shape index (κ2) is 11.5. The summed E-state index contributed by atoms with van der Waals surface area (Å²) >= 11 is 0. The molecule has 4 aliphatic rings. The Morgan fingerprint density at radius 1 is 0.417 bits per heavy atom. The van der Waals surface area contributed by atoms with Crippen LogP contribution in [-0.4, -0.2) is 22.7 Å². The van der Waals surface area contributed by atoms with E-state index in [2.05, 4.69) is 218 Å². The van der Waals surface area contributed by atoms with E-state index < -0.39 is 0 Å². The van der Waals surface area contributed by atoms with Gasteiger partial charge in [0.15, 0.2) is 0 Å². The van der Waals surface area contributed by atoms with Crippen molar-refractivity contribution in [1.29, 1.82) is 0 Å². The normalized spacial score (nSPS) is 14.4. The fraction of sp³-hybridized carbons (Fsp3) is 0.148. The summed E-state index contributed by atoms with van der Waals surface area (Å²) in [6.45, 7) is 13.9. The molecule has 6 heterocycles. The highest BCUT2D eigenvalue weighted by Crippen LogP contribution is 2.55. The van der Waals surface area contributed by atoms with Crippen molar-refractivity contribution in [2.24, 2.45) is 0 Å². The lowest BCUT2D eigenvalue weighted by atomic mass is 9.40. The summed E-state index contributed by atoms with van der Waals surface area (Å²) in [4.78, 5) is 5.29. The van der Waals surface area contributed by atoms with E-state index in [0.29, 0.717) is 0 Å². The first-order chi connectivity index (χ1) is 29.1. The topological polar surface area (TPSA) is 16.3 Å². The van der Waals surface area contributed by atoms with Gasteiger partial charge in [0.05, 0.1) is 11.4 Å². The van der Waals surface area contributed by atoms with E-state index in [1.54, 1.807) is 0 Å². The van der Waals surface area contributed by atoms with Crippen LogP contribution in [0.15, 0.2) is 158 Å². The molecule has 2 aromatic heterocycles. The zero-order valence-electron chi connectivity index (χ0n) is 35.0. The average Bonchev–Trinajstić information content (AvgIpc) is 3.89. The van der Waals surface area contributed by atoms with Gasteiger partial charge in [-0.2, -0.15) is 0 Å². The van der Waals surface area contributed by atoms with Crippen LogP contribution in [0.2, 0.25) is 0 Å². The lowest BCUT2D eigenvalue weighted by Crippen LogP contribution is -2.61. The molecule has 60 heavy (non-hydrogen) atoms. The fourth-order valence-electron chi connectivity index (χ4n) is 11.3. The average molecular weight is 771 g/mol. The minimum absolute atomic E-state index is 0.0316. The third-order valence-corrected chi connectivity index (χ3v) is 14.0. The van der Waals surface area contributed by atoms with E-state index in [1.807, 2.05) is 0 Å². The maximum Gasteiger partial charge on any atom is 0.332 e. The summed E-state index contributed by atoms with van der Waals surface area (Å²) in [5.74, 6) is 0. The van der Waals surface area contributed by atoms with E-state index in [4.69, 9.17) is 0 Å². The van der Waals surface area contributed by atoms with Crippen molar-refractivity contribution in [3.05, 3.63) is 169 Å². The van der Waals surface area contributed by atoms with Crippen molar-refractivity contribution in [3.63, 3.8) is 0 Å². The molecule has 0 spiro atoms. The van der Waals surface area contributed by atoms with E-state index in [-0.39, 0.29) is 24.5 Å². The van der Waals surface area contributed by atoms with E-state index in [1.165, 1.54) is 111 Å². The quantitative estimate of drug-likeness (QED) is 0.163. The highest BCUT2D eigenvalue weighted by Gasteiger charge is 2.51. The molecule has 0 unspecified atom stereocenters. The van der Waals surface area contributed by atoms with Gasteiger partial charge in [0.2, 0.25) is 0 Å². The van der Waals surface area contributed by atoms with Crippen molar-refractivity contribution >= 4 is 91.5 Å². The Morgan fingerprint density at radius 2 is 0.833 bits per heavy atom. The molecule has 4 nitrogen and oxygen atoms in total. The second-order valence-electron chi connectivity index (χ2n) is 19.4. The van der Waals surface area contributed by atoms with Gasteiger partial charge in [0, 0.05) is 56.0 Å². The number of nitrogens with zero attached hydrogens (tertiary/aromatic N) is 4. The van der Waals surface area contributed by atoms with Crippen LogP contribution in [0.25, 0.3) is 44.1 Å². The van der Waals surface area contributed by atoms with Crippen molar-refractivity contribution in [2.75, 3.05) is 9.80 Å². The maximum absolute atomic E-state index is 2.64. The van der Waals surface area contributed by atoms with Crippen molar-refractivity contribution in [2.45, 2.75) is 52.4 Å². The zero-order chi connectivity index (χ0) is 40.4. The molecule has 6 heteroatoms. The Bertz CT molecular complexity index is 3090. The second-order valence-corrected chi connectivity index (χ2v) is 19.4. The van der Waals surface area contributed by atoms with Gasteiger partial charge in [-0.05, 0) is 116 Å². The molecule has 9 aromatic rings. The number of aromatic nitrogens is 2. The first kappa shape index (κ1) is 34.2. The summed E-state index contributed by atoms with van der Waals surface area (Å²) in [6.07, 6.45) is 4.70. The van der Waals surface area contributed by atoms with Crippen molar-refractivity contribution in [1.82, 2.24) is 8.96 Å². The Kier molecular flexibility index (Phi) is 6.59. The molecule has 0 atom stereocenters. The molecule has 286 valence electrons. The third kappa shape index (κ3) is 4.33. The van der Waals surface area contributed by atoms with Crippen LogP contribution in [0.1, 0.15) is 52.7 Å². The van der Waals surface area contributed by atoms with Crippen molar-refractivity contribution < 1.29 is 0 Å². The largest absolute Gasteiger partial charge is 0.382 e. The van der Waals surface area contributed by atoms with E-state index >= 15 is 0 Å². The van der Waals surface area contributed by atoms with Gasteiger partial charge in [0.1, 0.15) is 0 Å². The standard InChI is InChI=1S/C54H44B2N4/c1-53(2,3)35-23-25-41-43(31-35)59(37-17-9-7-10-18-37)51-45-39-21-13-16-34-28-30-58(50(34)39)56-42-26-24-36(54(4,5)6)32-44(42)60(38-19-11-8-12-20-38)52(48(45)56)46-40-22-14-15-33-27-29-57(49(33)40)55(41)47(46)51/h7-32H,1-6H3. The predicted octanol–water partition coefficient (Wildman–Crippen LogP) is 11.0. The number of fused-ring (bicyclic) bond motifs is 10. The number of anilines is 6. The molecule has 4 aliphatic heterocycles. The minimum Gasteiger partial charge on any atom is -0.382 e. The molecule has 0 N–H and O–H groups in total. The minimum atomic E-state index is -0.0424. The van der Waals surface area contributed by atoms with E-state index in [0.717, 1.165) is 0 Å². The predicted molar refractivity (Wildman–Crippen MR) is 256 cm³/mol. The first-order valence-corrected chi connectivity index (χ1v) is 21.5. The van der Waals surface area contributed by atoms with Crippen LogP contribution in [-0.2, 0) is 10.8 Å². The monoisotopic (exact) mass is 770 g/mol. The SMILES string of the molecule is CC(C)(C)c1ccc2c(c1)N(c1ccccc1)c1c3c(c4c5c1-c1cccc6ccn(c16)B5c1ccc(C(C)(C)C)cc1N4c1ccccc1)-c1cccc4ccn(c14)B23. The van der Waals surface area contributed by atoms with Gasteiger partial charge in [-0.1, -0.05) is 139 Å². The van der Waals surface area contributed by atoms with E-state index in [9.17, 15) is 0 Å². The number of hydrogen-bond acceptors (Lipinski definition) is 2. The lowest BCUT2D eigenvalue weighted by molar-refractivity contribution is 0.590. The Hall–Kier alpha value is -6.65. The molecular formula is C54H44B2N4. The number of benzene rings is 7. The highest BCUT2D eigenvalue weighted by molar-refractivity contribution is 6.93. The summed E-state index contributed by atoms with van der Waals surface area (Å²) in [7, 11) is 0. The van der Waals surface area contributed by atoms with Crippen LogP contribution in [0, 0.1) is 0 Å². The highest BCUT2D eigenvalue weighted by atomic mass is 15.2. The summed E-state index contributed by atoms with van der Waals surface area (Å²) < 4.78 is 5.19. The maximum atomic E-state index is 2.64. The van der Waals surface area contributed by atoms with Crippen molar-refractivity contribution in [3.8, 4) is 22.3 Å². The smallest absolute Gasteiger partial charge is 0.332 e. The Morgan fingerprint density at radius 3 is 1.23 bits per heavy atom. The molecule has 7 aromatic carbocycles. The summed E-state index contributed by atoms with van der Waals surface area (Å²) in [5, 5.41) is 2.55. The lowest BCUT2D eigenvalue weighted by Gasteiger charge is -2.48. The van der Waals surface area contributed by atoms with Gasteiger partial charge in [-0.3, -0.25) is 0 Å². The summed E-state index contributed by atoms with van der Waals surface area (Å²) in [6, 6.07) is 55.6. The molecule has 13 rings (SSSR count). The third-order valence-electron chi connectivity index (χ3n) is 14.0. The van der Waals surface area contributed by atoms with Crippen LogP contribution < -0.4 is 31.7 Å². The van der Waals surface area contributed by atoms with Crippen LogP contribution in [0.5, 0.6) is 0 Å². The number of para-hydroxylation sites is 4. The van der Waals surface area contributed by atoms with Gasteiger partial charge in [-0.25, -0.2) is 0 Å². The molecule has 0 bridgehead atoms. The Labute approximate surface area is 352 Å². The molecule has 0 saturated heterocycles.